The van der Waals surface area contributed by atoms with Crippen LogP contribution >= 0.6 is 11.6 Å². The molecule has 1 unspecified atom stereocenters. The van der Waals surface area contributed by atoms with Crippen molar-refractivity contribution in [1.29, 1.82) is 0 Å². The topological polar surface area (TPSA) is 29.5 Å². The number of amides is 1. The lowest BCUT2D eigenvalue weighted by atomic mass is 10.2. The number of halogens is 3. The molecule has 0 N–H and O–H groups in total. The van der Waals surface area contributed by atoms with Crippen LogP contribution in [0, 0.1) is 0 Å². The van der Waals surface area contributed by atoms with Crippen molar-refractivity contribution < 1.29 is 18.3 Å². The largest absolute Gasteiger partial charge is 0.435 e. The molecule has 1 aliphatic rings. The van der Waals surface area contributed by atoms with Gasteiger partial charge in [-0.05, 0) is 17.7 Å². The molecule has 1 aliphatic heterocycles. The van der Waals surface area contributed by atoms with Crippen molar-refractivity contribution in [3.8, 4) is 5.75 Å². The lowest BCUT2D eigenvalue weighted by Gasteiger charge is -2.16. The zero-order valence-electron chi connectivity index (χ0n) is 9.48. The van der Waals surface area contributed by atoms with Crippen molar-refractivity contribution in [1.82, 2.24) is 4.90 Å². The van der Waals surface area contributed by atoms with E-state index in [1.165, 1.54) is 12.1 Å². The summed E-state index contributed by atoms with van der Waals surface area (Å²) in [7, 11) is 0. The number of carbonyl (C=O) groups excluding carboxylic acids is 1. The number of hydrogen-bond acceptors (Lipinski definition) is 2. The van der Waals surface area contributed by atoms with Gasteiger partial charge in [0.2, 0.25) is 5.91 Å². The predicted molar refractivity (Wildman–Crippen MR) is 62.7 cm³/mol. The van der Waals surface area contributed by atoms with E-state index >= 15 is 0 Å². The number of nitrogens with zero attached hydrogens (tertiary/aromatic N) is 1. The van der Waals surface area contributed by atoms with E-state index in [2.05, 4.69) is 4.74 Å². The maximum atomic E-state index is 12.1. The smallest absolute Gasteiger partial charge is 0.387 e. The lowest BCUT2D eigenvalue weighted by molar-refractivity contribution is -0.128. The molecule has 1 aromatic rings. The Hall–Kier alpha value is -1.36. The second-order valence-electron chi connectivity index (χ2n) is 4.10. The summed E-state index contributed by atoms with van der Waals surface area (Å²) in [4.78, 5) is 13.2. The normalized spacial score (nSPS) is 19.7. The van der Waals surface area contributed by atoms with Crippen LogP contribution in [0.25, 0.3) is 0 Å². The van der Waals surface area contributed by atoms with E-state index in [0.717, 1.165) is 5.56 Å². The Morgan fingerprint density at radius 2 is 2.28 bits per heavy atom. The first-order valence-electron chi connectivity index (χ1n) is 5.50. The molecule has 1 aromatic carbocycles. The minimum atomic E-state index is -2.85. The average molecular weight is 276 g/mol. The summed E-state index contributed by atoms with van der Waals surface area (Å²) in [6.45, 7) is -2.00. The number of alkyl halides is 3. The highest BCUT2D eigenvalue weighted by molar-refractivity contribution is 6.22. The van der Waals surface area contributed by atoms with Gasteiger partial charge in [-0.1, -0.05) is 12.1 Å². The first-order chi connectivity index (χ1) is 8.54. The van der Waals surface area contributed by atoms with E-state index in [9.17, 15) is 13.6 Å². The Morgan fingerprint density at radius 3 is 2.89 bits per heavy atom. The highest BCUT2D eigenvalue weighted by Gasteiger charge is 2.27. The van der Waals surface area contributed by atoms with Gasteiger partial charge in [-0.2, -0.15) is 8.78 Å². The van der Waals surface area contributed by atoms with Gasteiger partial charge in [0.15, 0.2) is 0 Å². The van der Waals surface area contributed by atoms with Crippen LogP contribution in [-0.2, 0) is 11.3 Å². The fourth-order valence-corrected chi connectivity index (χ4v) is 2.22. The monoisotopic (exact) mass is 275 g/mol. The Labute approximate surface area is 108 Å². The molecule has 1 saturated heterocycles. The Balaban J connectivity index is 2.03. The van der Waals surface area contributed by atoms with E-state index in [0.29, 0.717) is 19.5 Å². The summed E-state index contributed by atoms with van der Waals surface area (Å²) in [6.07, 6.45) is 0.328. The molecule has 98 valence electrons. The maximum Gasteiger partial charge on any atom is 0.387 e. The van der Waals surface area contributed by atoms with Crippen LogP contribution in [0.3, 0.4) is 0 Å². The van der Waals surface area contributed by atoms with Gasteiger partial charge in [-0.25, -0.2) is 0 Å². The van der Waals surface area contributed by atoms with Crippen molar-refractivity contribution in [3.63, 3.8) is 0 Å². The van der Waals surface area contributed by atoms with Gasteiger partial charge in [0.1, 0.15) is 5.75 Å². The van der Waals surface area contributed by atoms with Crippen LogP contribution in [0.15, 0.2) is 24.3 Å². The molecule has 0 radical (unpaired) electrons. The van der Waals surface area contributed by atoms with E-state index in [-0.39, 0.29) is 17.0 Å². The summed E-state index contributed by atoms with van der Waals surface area (Å²) < 4.78 is 28.4. The summed E-state index contributed by atoms with van der Waals surface area (Å²) >= 11 is 5.88. The minimum Gasteiger partial charge on any atom is -0.435 e. The minimum absolute atomic E-state index is 0.0184. The van der Waals surface area contributed by atoms with E-state index < -0.39 is 6.61 Å². The van der Waals surface area contributed by atoms with Crippen molar-refractivity contribution in [2.24, 2.45) is 0 Å². The number of benzene rings is 1. The zero-order chi connectivity index (χ0) is 13.1. The third-order valence-corrected chi connectivity index (χ3v) is 2.96. The third-order valence-electron chi connectivity index (χ3n) is 2.66. The molecule has 0 spiro atoms. The van der Waals surface area contributed by atoms with Gasteiger partial charge < -0.3 is 9.64 Å². The van der Waals surface area contributed by atoms with E-state index in [1.54, 1.807) is 17.0 Å². The Bertz CT molecular complexity index is 442. The van der Waals surface area contributed by atoms with Gasteiger partial charge in [0, 0.05) is 19.5 Å². The molecular formula is C12H12ClF2NO2. The van der Waals surface area contributed by atoms with Gasteiger partial charge in [-0.3, -0.25) is 4.79 Å². The molecule has 18 heavy (non-hydrogen) atoms. The first-order valence-corrected chi connectivity index (χ1v) is 5.94. The number of ether oxygens (including phenoxy) is 1. The van der Waals surface area contributed by atoms with E-state index in [1.807, 2.05) is 0 Å². The van der Waals surface area contributed by atoms with Gasteiger partial charge in [0.05, 0.1) is 5.38 Å². The molecule has 1 heterocycles. The van der Waals surface area contributed by atoms with Crippen molar-refractivity contribution in [2.75, 3.05) is 6.54 Å². The van der Waals surface area contributed by atoms with E-state index in [4.69, 9.17) is 11.6 Å². The van der Waals surface area contributed by atoms with Crippen molar-refractivity contribution >= 4 is 17.5 Å². The van der Waals surface area contributed by atoms with Crippen molar-refractivity contribution in [2.45, 2.75) is 25.0 Å². The number of hydrogen-bond donors (Lipinski definition) is 0. The molecule has 0 aliphatic carbocycles. The number of likely N-dealkylation sites (tertiary alicyclic amines) is 1. The third kappa shape index (κ3) is 3.32. The molecule has 0 aromatic heterocycles. The summed E-state index contributed by atoms with van der Waals surface area (Å²) in [5.74, 6) is 0.0757. The summed E-state index contributed by atoms with van der Waals surface area (Å²) in [6, 6.07) is 6.33. The highest BCUT2D eigenvalue weighted by Crippen LogP contribution is 2.21. The maximum absolute atomic E-state index is 12.1. The van der Waals surface area contributed by atoms with Crippen molar-refractivity contribution in [3.05, 3.63) is 29.8 Å². The van der Waals surface area contributed by atoms with Crippen LogP contribution in [0.1, 0.15) is 12.0 Å². The van der Waals surface area contributed by atoms with Crippen LogP contribution in [0.4, 0.5) is 8.78 Å². The van der Waals surface area contributed by atoms with Gasteiger partial charge >= 0.3 is 6.61 Å². The summed E-state index contributed by atoms with van der Waals surface area (Å²) in [5, 5.41) is -0.169. The number of carbonyl (C=O) groups is 1. The number of rotatable bonds is 4. The lowest BCUT2D eigenvalue weighted by Crippen LogP contribution is -2.24. The Morgan fingerprint density at radius 1 is 1.50 bits per heavy atom. The van der Waals surface area contributed by atoms with Crippen LogP contribution < -0.4 is 4.74 Å². The molecule has 6 heteroatoms. The van der Waals surface area contributed by atoms with Crippen LogP contribution in [0.5, 0.6) is 5.75 Å². The zero-order valence-corrected chi connectivity index (χ0v) is 10.2. The second-order valence-corrected chi connectivity index (χ2v) is 4.72. The second kappa shape index (κ2) is 5.52. The van der Waals surface area contributed by atoms with Gasteiger partial charge in [-0.15, -0.1) is 11.6 Å². The van der Waals surface area contributed by atoms with Crippen LogP contribution in [0.2, 0.25) is 0 Å². The predicted octanol–water partition coefficient (Wildman–Crippen LogP) is 2.63. The molecule has 0 bridgehead atoms. The molecule has 1 fully saturated rings. The molecule has 2 rings (SSSR count). The first kappa shape index (κ1) is 13.1. The Kier molecular flexibility index (Phi) is 4.01. The standard InChI is InChI=1S/C12H12ClF2NO2/c13-9-5-11(17)16(7-9)6-8-2-1-3-10(4-8)18-12(14)15/h1-4,9,12H,5-7H2. The molecule has 1 atom stereocenters. The fourth-order valence-electron chi connectivity index (χ4n) is 1.92. The fraction of sp³-hybridized carbons (Fsp3) is 0.417. The average Bonchev–Trinajstić information content (AvgIpc) is 2.57. The molecular weight excluding hydrogens is 264 g/mol. The van der Waals surface area contributed by atoms with Crippen LogP contribution in [-0.4, -0.2) is 29.3 Å². The SMILES string of the molecule is O=C1CC(Cl)CN1Cc1cccc(OC(F)F)c1. The highest BCUT2D eigenvalue weighted by atomic mass is 35.5. The molecule has 1 amide bonds. The van der Waals surface area contributed by atoms with Gasteiger partial charge in [0.25, 0.3) is 0 Å². The summed E-state index contributed by atoms with van der Waals surface area (Å²) in [5.41, 5.74) is 0.743. The molecule has 3 nitrogen and oxygen atoms in total. The quantitative estimate of drug-likeness (QED) is 0.791. The molecule has 0 saturated carbocycles.